The van der Waals surface area contributed by atoms with Crippen molar-refractivity contribution < 1.29 is 0 Å². The Morgan fingerprint density at radius 3 is 2.94 bits per heavy atom. The van der Waals surface area contributed by atoms with Crippen molar-refractivity contribution in [3.63, 3.8) is 0 Å². The van der Waals surface area contributed by atoms with Gasteiger partial charge in [-0.1, -0.05) is 24.3 Å². The summed E-state index contributed by atoms with van der Waals surface area (Å²) in [5, 5.41) is 0. The molecule has 0 amide bonds. The first kappa shape index (κ1) is 12.0. The molecule has 0 spiro atoms. The zero-order chi connectivity index (χ0) is 11.4. The Bertz CT molecular complexity index is 334. The van der Waals surface area contributed by atoms with Crippen LogP contribution in [0.4, 0.5) is 0 Å². The first-order valence-electron chi connectivity index (χ1n) is 5.85. The second kappa shape index (κ2) is 5.71. The topological polar surface area (TPSA) is 29.3 Å². The number of benzene rings is 1. The average Bonchev–Trinajstić information content (AvgIpc) is 2.83. The Hall–Kier alpha value is -0.510. The number of rotatable bonds is 4. The highest BCUT2D eigenvalue weighted by molar-refractivity contribution is 7.99. The number of nitrogens with two attached hydrogens (primary N) is 1. The molecule has 0 aliphatic carbocycles. The molecule has 1 heterocycles. The van der Waals surface area contributed by atoms with Gasteiger partial charge in [-0.3, -0.25) is 4.90 Å². The number of thioether (sulfide) groups is 1. The van der Waals surface area contributed by atoms with Gasteiger partial charge in [0.15, 0.2) is 0 Å². The summed E-state index contributed by atoms with van der Waals surface area (Å²) in [5.74, 6) is 2.60. The Kier molecular flexibility index (Phi) is 4.27. The van der Waals surface area contributed by atoms with Gasteiger partial charge in [0.2, 0.25) is 0 Å². The summed E-state index contributed by atoms with van der Waals surface area (Å²) in [6.45, 7) is 1.68. The van der Waals surface area contributed by atoms with Crippen molar-refractivity contribution in [1.82, 2.24) is 4.90 Å². The molecule has 1 fully saturated rings. The highest BCUT2D eigenvalue weighted by atomic mass is 32.2. The minimum absolute atomic E-state index is 0.636. The Balaban J connectivity index is 1.96. The predicted molar refractivity (Wildman–Crippen MR) is 71.5 cm³/mol. The van der Waals surface area contributed by atoms with Crippen molar-refractivity contribution >= 4 is 11.8 Å². The molecule has 16 heavy (non-hydrogen) atoms. The summed E-state index contributed by atoms with van der Waals surface area (Å²) in [5.41, 5.74) is 8.26. The molecule has 0 radical (unpaired) electrons. The van der Waals surface area contributed by atoms with Crippen LogP contribution in [-0.4, -0.2) is 29.5 Å². The Labute approximate surface area is 102 Å². The van der Waals surface area contributed by atoms with Crippen LogP contribution in [0.5, 0.6) is 0 Å². The minimum Gasteiger partial charge on any atom is -0.326 e. The van der Waals surface area contributed by atoms with E-state index in [1.807, 2.05) is 0 Å². The third-order valence-electron chi connectivity index (χ3n) is 3.19. The summed E-state index contributed by atoms with van der Waals surface area (Å²) >= 11 is 2.07. The zero-order valence-electron chi connectivity index (χ0n) is 9.86. The van der Waals surface area contributed by atoms with E-state index in [-0.39, 0.29) is 0 Å². The molecule has 1 aromatic carbocycles. The fraction of sp³-hybridized carbons (Fsp3) is 0.538. The van der Waals surface area contributed by atoms with Crippen molar-refractivity contribution in [2.75, 3.05) is 18.6 Å². The van der Waals surface area contributed by atoms with Crippen LogP contribution in [0.1, 0.15) is 17.5 Å². The summed E-state index contributed by atoms with van der Waals surface area (Å²) in [7, 11) is 2.23. The van der Waals surface area contributed by atoms with E-state index in [1.54, 1.807) is 0 Å². The van der Waals surface area contributed by atoms with Gasteiger partial charge in [-0.25, -0.2) is 0 Å². The highest BCUT2D eigenvalue weighted by Gasteiger charge is 2.19. The van der Waals surface area contributed by atoms with E-state index in [9.17, 15) is 0 Å². The molecule has 1 saturated heterocycles. The third kappa shape index (κ3) is 3.00. The lowest BCUT2D eigenvalue weighted by atomic mass is 10.1. The van der Waals surface area contributed by atoms with Gasteiger partial charge in [-0.05, 0) is 30.3 Å². The maximum Gasteiger partial charge on any atom is 0.0234 e. The summed E-state index contributed by atoms with van der Waals surface area (Å²) in [4.78, 5) is 2.47. The smallest absolute Gasteiger partial charge is 0.0234 e. The van der Waals surface area contributed by atoms with Crippen LogP contribution in [0.25, 0.3) is 0 Å². The standard InChI is InChI=1S/C13H20N2S/c1-15(13-5-6-16-10-13)9-12-4-2-3-11(7-12)8-14/h2-4,7,13H,5-6,8-10,14H2,1H3. The van der Waals surface area contributed by atoms with Crippen molar-refractivity contribution in [3.8, 4) is 0 Å². The monoisotopic (exact) mass is 236 g/mol. The molecule has 0 saturated carbocycles. The van der Waals surface area contributed by atoms with Crippen LogP contribution in [-0.2, 0) is 13.1 Å². The van der Waals surface area contributed by atoms with Crippen molar-refractivity contribution in [2.24, 2.45) is 5.73 Å². The minimum atomic E-state index is 0.636. The van der Waals surface area contributed by atoms with Gasteiger partial charge in [-0.2, -0.15) is 11.8 Å². The highest BCUT2D eigenvalue weighted by Crippen LogP contribution is 2.22. The van der Waals surface area contributed by atoms with Crippen molar-refractivity contribution in [2.45, 2.75) is 25.6 Å². The molecular formula is C13H20N2S. The van der Waals surface area contributed by atoms with E-state index < -0.39 is 0 Å². The predicted octanol–water partition coefficient (Wildman–Crippen LogP) is 2.08. The van der Waals surface area contributed by atoms with Gasteiger partial charge in [0.25, 0.3) is 0 Å². The van der Waals surface area contributed by atoms with Gasteiger partial charge in [0, 0.05) is 24.9 Å². The van der Waals surface area contributed by atoms with Gasteiger partial charge >= 0.3 is 0 Å². The molecule has 3 heteroatoms. The first-order chi connectivity index (χ1) is 7.79. The van der Waals surface area contributed by atoms with E-state index in [1.165, 1.54) is 29.1 Å². The Morgan fingerprint density at radius 1 is 1.44 bits per heavy atom. The molecule has 2 nitrogen and oxygen atoms in total. The second-order valence-electron chi connectivity index (χ2n) is 4.46. The van der Waals surface area contributed by atoms with Gasteiger partial charge in [0.1, 0.15) is 0 Å². The third-order valence-corrected chi connectivity index (χ3v) is 4.33. The average molecular weight is 236 g/mol. The molecule has 1 aliphatic heterocycles. The van der Waals surface area contributed by atoms with E-state index in [2.05, 4.69) is 48.0 Å². The molecule has 88 valence electrons. The number of hydrogen-bond acceptors (Lipinski definition) is 3. The molecule has 1 atom stereocenters. The maximum atomic E-state index is 5.65. The zero-order valence-corrected chi connectivity index (χ0v) is 10.7. The van der Waals surface area contributed by atoms with Crippen LogP contribution >= 0.6 is 11.8 Å². The van der Waals surface area contributed by atoms with E-state index >= 15 is 0 Å². The summed E-state index contributed by atoms with van der Waals surface area (Å²) < 4.78 is 0. The molecule has 1 aromatic rings. The van der Waals surface area contributed by atoms with Crippen molar-refractivity contribution in [3.05, 3.63) is 35.4 Å². The van der Waals surface area contributed by atoms with Crippen LogP contribution in [0.15, 0.2) is 24.3 Å². The SMILES string of the molecule is CN(Cc1cccc(CN)c1)C1CCSC1. The van der Waals surface area contributed by atoms with Crippen LogP contribution in [0.2, 0.25) is 0 Å². The molecule has 0 bridgehead atoms. The van der Waals surface area contributed by atoms with E-state index in [4.69, 9.17) is 5.73 Å². The fourth-order valence-electron chi connectivity index (χ4n) is 2.14. The molecule has 2 rings (SSSR count). The lowest BCUT2D eigenvalue weighted by Crippen LogP contribution is -2.30. The van der Waals surface area contributed by atoms with Crippen LogP contribution in [0.3, 0.4) is 0 Å². The second-order valence-corrected chi connectivity index (χ2v) is 5.61. The van der Waals surface area contributed by atoms with Gasteiger partial charge in [-0.15, -0.1) is 0 Å². The number of hydrogen-bond donors (Lipinski definition) is 1. The number of nitrogens with zero attached hydrogens (tertiary/aromatic N) is 1. The lowest BCUT2D eigenvalue weighted by molar-refractivity contribution is 0.254. The fourth-order valence-corrected chi connectivity index (χ4v) is 3.44. The molecule has 1 aliphatic rings. The van der Waals surface area contributed by atoms with Crippen LogP contribution in [0, 0.1) is 0 Å². The molecule has 0 aromatic heterocycles. The largest absolute Gasteiger partial charge is 0.326 e. The summed E-state index contributed by atoms with van der Waals surface area (Å²) in [6, 6.07) is 9.37. The van der Waals surface area contributed by atoms with Crippen LogP contribution < -0.4 is 5.73 Å². The quantitative estimate of drug-likeness (QED) is 0.868. The van der Waals surface area contributed by atoms with Gasteiger partial charge in [0.05, 0.1) is 0 Å². The molecule has 2 N–H and O–H groups in total. The van der Waals surface area contributed by atoms with Gasteiger partial charge < -0.3 is 5.73 Å². The molecular weight excluding hydrogens is 216 g/mol. The lowest BCUT2D eigenvalue weighted by Gasteiger charge is -2.23. The normalized spacial score (nSPS) is 20.6. The van der Waals surface area contributed by atoms with E-state index in [0.29, 0.717) is 6.54 Å². The summed E-state index contributed by atoms with van der Waals surface area (Å²) in [6.07, 6.45) is 1.33. The first-order valence-corrected chi connectivity index (χ1v) is 7.01. The molecule has 1 unspecified atom stereocenters. The maximum absolute atomic E-state index is 5.65. The van der Waals surface area contributed by atoms with Crippen molar-refractivity contribution in [1.29, 1.82) is 0 Å². The van der Waals surface area contributed by atoms with E-state index in [0.717, 1.165) is 12.6 Å². The Morgan fingerprint density at radius 2 is 2.25 bits per heavy atom.